The fourth-order valence-corrected chi connectivity index (χ4v) is 2.63. The molecule has 0 unspecified atom stereocenters. The third-order valence-corrected chi connectivity index (χ3v) is 4.22. The molecule has 9 heteroatoms. The largest absolute Gasteiger partial charge is 0.326 e. The van der Waals surface area contributed by atoms with Crippen molar-refractivity contribution in [2.45, 2.75) is 26.8 Å². The Morgan fingerprint density at radius 2 is 1.93 bits per heavy atom. The zero-order valence-corrected chi connectivity index (χ0v) is 15.0. The molecular formula is C18H18N8O. The monoisotopic (exact) mass is 362 g/mol. The van der Waals surface area contributed by atoms with Crippen LogP contribution in [-0.4, -0.2) is 40.3 Å². The minimum atomic E-state index is -0.0784. The first-order chi connectivity index (χ1) is 13.1. The number of amides is 1. The van der Waals surface area contributed by atoms with E-state index in [-0.39, 0.29) is 5.91 Å². The Morgan fingerprint density at radius 3 is 2.67 bits per heavy atom. The van der Waals surface area contributed by atoms with Gasteiger partial charge in [-0.2, -0.15) is 10.2 Å². The summed E-state index contributed by atoms with van der Waals surface area (Å²) in [5, 5.41) is 11.3. The first kappa shape index (κ1) is 16.8. The maximum absolute atomic E-state index is 12.0. The van der Waals surface area contributed by atoms with Crippen LogP contribution in [0, 0.1) is 13.8 Å². The molecule has 4 aromatic rings. The number of carbonyl (C=O) groups is 1. The number of nitrogens with zero attached hydrogens (tertiary/aromatic N) is 7. The third kappa shape index (κ3) is 3.66. The standard InChI is InChI=1S/C18H18N8O/c1-12-13(2)24-26-9-16(23-18(26)21-12)14-3-5-15(6-4-14)22-17(27)7-8-25-11-19-10-20-25/h3-6,9-11H,7-8H2,1-2H3,(H,22,27). The molecule has 0 fully saturated rings. The first-order valence-electron chi connectivity index (χ1n) is 8.52. The highest BCUT2D eigenvalue weighted by Gasteiger charge is 2.09. The second kappa shape index (κ2) is 6.94. The summed E-state index contributed by atoms with van der Waals surface area (Å²) >= 11 is 0. The van der Waals surface area contributed by atoms with E-state index in [2.05, 4.69) is 30.5 Å². The van der Waals surface area contributed by atoms with E-state index >= 15 is 0 Å². The molecule has 0 bridgehead atoms. The summed E-state index contributed by atoms with van der Waals surface area (Å²) in [7, 11) is 0. The third-order valence-electron chi connectivity index (χ3n) is 4.22. The Hall–Kier alpha value is -3.62. The van der Waals surface area contributed by atoms with Gasteiger partial charge in [-0.3, -0.25) is 9.48 Å². The summed E-state index contributed by atoms with van der Waals surface area (Å²) in [4.78, 5) is 24.9. The van der Waals surface area contributed by atoms with Crippen LogP contribution in [0.15, 0.2) is 43.1 Å². The molecule has 4 rings (SSSR count). The Morgan fingerprint density at radius 1 is 1.11 bits per heavy atom. The van der Waals surface area contributed by atoms with Gasteiger partial charge in [0.25, 0.3) is 5.78 Å². The van der Waals surface area contributed by atoms with Gasteiger partial charge >= 0.3 is 0 Å². The van der Waals surface area contributed by atoms with E-state index in [0.717, 1.165) is 28.3 Å². The Balaban J connectivity index is 1.44. The Kier molecular flexibility index (Phi) is 4.33. The van der Waals surface area contributed by atoms with Crippen molar-refractivity contribution < 1.29 is 4.79 Å². The smallest absolute Gasteiger partial charge is 0.251 e. The molecule has 3 aromatic heterocycles. The molecule has 1 amide bonds. The molecule has 1 aromatic carbocycles. The molecule has 3 heterocycles. The van der Waals surface area contributed by atoms with Gasteiger partial charge in [0.1, 0.15) is 12.7 Å². The minimum absolute atomic E-state index is 0.0784. The van der Waals surface area contributed by atoms with Crippen LogP contribution in [0.3, 0.4) is 0 Å². The predicted molar refractivity (Wildman–Crippen MR) is 99.0 cm³/mol. The van der Waals surface area contributed by atoms with Crippen molar-refractivity contribution in [3.05, 3.63) is 54.5 Å². The quantitative estimate of drug-likeness (QED) is 0.583. The number of rotatable bonds is 5. The van der Waals surface area contributed by atoms with E-state index in [0.29, 0.717) is 18.7 Å². The molecule has 0 aliphatic heterocycles. The molecule has 27 heavy (non-hydrogen) atoms. The molecule has 136 valence electrons. The van der Waals surface area contributed by atoms with E-state index in [4.69, 9.17) is 0 Å². The minimum Gasteiger partial charge on any atom is -0.326 e. The van der Waals surface area contributed by atoms with E-state index in [1.165, 1.54) is 6.33 Å². The number of aryl methyl sites for hydroxylation is 3. The van der Waals surface area contributed by atoms with Crippen LogP contribution in [0.4, 0.5) is 5.69 Å². The van der Waals surface area contributed by atoms with Crippen molar-refractivity contribution in [1.82, 2.24) is 34.3 Å². The summed E-state index contributed by atoms with van der Waals surface area (Å²) in [6.45, 7) is 4.32. The molecule has 0 saturated carbocycles. The topological polar surface area (TPSA) is 103 Å². The zero-order chi connectivity index (χ0) is 18.8. The number of aromatic nitrogens is 7. The normalized spacial score (nSPS) is 11.0. The summed E-state index contributed by atoms with van der Waals surface area (Å²) in [6.07, 6.45) is 5.21. The second-order valence-electron chi connectivity index (χ2n) is 6.19. The number of imidazole rings is 1. The maximum Gasteiger partial charge on any atom is 0.251 e. The molecule has 1 N–H and O–H groups in total. The van der Waals surface area contributed by atoms with Gasteiger partial charge in [0.15, 0.2) is 0 Å². The number of fused-ring (bicyclic) bond motifs is 1. The van der Waals surface area contributed by atoms with Crippen LogP contribution in [0.5, 0.6) is 0 Å². The van der Waals surface area contributed by atoms with Crippen LogP contribution in [0.25, 0.3) is 17.0 Å². The number of benzene rings is 1. The number of hydrogen-bond donors (Lipinski definition) is 1. The van der Waals surface area contributed by atoms with Gasteiger partial charge in [0, 0.05) is 17.7 Å². The van der Waals surface area contributed by atoms with E-state index < -0.39 is 0 Å². The van der Waals surface area contributed by atoms with Crippen molar-refractivity contribution >= 4 is 17.4 Å². The molecule has 0 aliphatic rings. The lowest BCUT2D eigenvalue weighted by molar-refractivity contribution is -0.116. The van der Waals surface area contributed by atoms with Crippen molar-refractivity contribution in [1.29, 1.82) is 0 Å². The van der Waals surface area contributed by atoms with Gasteiger partial charge in [0.2, 0.25) is 5.91 Å². The number of hydrogen-bond acceptors (Lipinski definition) is 6. The van der Waals surface area contributed by atoms with Crippen molar-refractivity contribution in [3.63, 3.8) is 0 Å². The van der Waals surface area contributed by atoms with E-state index in [1.807, 2.05) is 44.3 Å². The van der Waals surface area contributed by atoms with Gasteiger partial charge in [-0.05, 0) is 26.0 Å². The lowest BCUT2D eigenvalue weighted by Crippen LogP contribution is -2.14. The summed E-state index contributed by atoms with van der Waals surface area (Å²) in [5.74, 6) is 0.490. The van der Waals surface area contributed by atoms with Crippen LogP contribution >= 0.6 is 0 Å². The highest BCUT2D eigenvalue weighted by Crippen LogP contribution is 2.21. The Labute approximate surface area is 155 Å². The highest BCUT2D eigenvalue weighted by molar-refractivity contribution is 5.90. The summed E-state index contributed by atoms with van der Waals surface area (Å²) in [5.41, 5.74) is 4.18. The van der Waals surface area contributed by atoms with Gasteiger partial charge in [-0.1, -0.05) is 12.1 Å². The molecular weight excluding hydrogens is 344 g/mol. The highest BCUT2D eigenvalue weighted by atomic mass is 16.1. The number of anilines is 1. The Bertz CT molecular complexity index is 1040. The number of carbonyl (C=O) groups excluding carboxylic acids is 1. The lowest BCUT2D eigenvalue weighted by atomic mass is 10.1. The zero-order valence-electron chi connectivity index (χ0n) is 15.0. The molecule has 0 atom stereocenters. The van der Waals surface area contributed by atoms with Crippen molar-refractivity contribution in [2.75, 3.05) is 5.32 Å². The van der Waals surface area contributed by atoms with Gasteiger partial charge in [0.05, 0.1) is 29.8 Å². The first-order valence-corrected chi connectivity index (χ1v) is 8.52. The molecule has 0 saturated heterocycles. The number of nitrogens with one attached hydrogen (secondary N) is 1. The van der Waals surface area contributed by atoms with Gasteiger partial charge in [-0.25, -0.2) is 19.5 Å². The fourth-order valence-electron chi connectivity index (χ4n) is 2.63. The van der Waals surface area contributed by atoms with Crippen molar-refractivity contribution in [3.8, 4) is 11.3 Å². The molecule has 9 nitrogen and oxygen atoms in total. The second-order valence-corrected chi connectivity index (χ2v) is 6.19. The fraction of sp³-hybridized carbons (Fsp3) is 0.222. The maximum atomic E-state index is 12.0. The summed E-state index contributed by atoms with van der Waals surface area (Å²) in [6, 6.07) is 7.52. The average Bonchev–Trinajstić information content (AvgIpc) is 3.31. The molecule has 0 spiro atoms. The SMILES string of the molecule is Cc1nc2nc(-c3ccc(NC(=O)CCn4cncn4)cc3)cn2nc1C. The van der Waals surface area contributed by atoms with Crippen LogP contribution < -0.4 is 5.32 Å². The predicted octanol–water partition coefficient (Wildman–Crippen LogP) is 2.03. The van der Waals surface area contributed by atoms with E-state index in [9.17, 15) is 4.79 Å². The average molecular weight is 362 g/mol. The van der Waals surface area contributed by atoms with Gasteiger partial charge < -0.3 is 5.32 Å². The van der Waals surface area contributed by atoms with Gasteiger partial charge in [-0.15, -0.1) is 0 Å². The summed E-state index contributed by atoms with van der Waals surface area (Å²) < 4.78 is 3.30. The van der Waals surface area contributed by atoms with Crippen LogP contribution in [-0.2, 0) is 11.3 Å². The van der Waals surface area contributed by atoms with Crippen LogP contribution in [0.2, 0.25) is 0 Å². The molecule has 0 radical (unpaired) electrons. The van der Waals surface area contributed by atoms with E-state index in [1.54, 1.807) is 15.5 Å². The van der Waals surface area contributed by atoms with Crippen molar-refractivity contribution in [2.24, 2.45) is 0 Å². The van der Waals surface area contributed by atoms with Crippen LogP contribution in [0.1, 0.15) is 17.8 Å². The lowest BCUT2D eigenvalue weighted by Gasteiger charge is -2.06. The molecule has 0 aliphatic carbocycles.